The van der Waals surface area contributed by atoms with E-state index in [0.717, 1.165) is 17.1 Å². The third-order valence-corrected chi connectivity index (χ3v) is 2.96. The number of rotatable bonds is 5. The molecule has 2 aromatic rings. The summed E-state index contributed by atoms with van der Waals surface area (Å²) in [6, 6.07) is 8.67. The van der Waals surface area contributed by atoms with Crippen LogP contribution in [0.15, 0.2) is 34.7 Å². The minimum absolute atomic E-state index is 0.0573. The van der Waals surface area contributed by atoms with Gasteiger partial charge in [0.1, 0.15) is 17.2 Å². The molecule has 6 nitrogen and oxygen atoms in total. The van der Waals surface area contributed by atoms with Gasteiger partial charge in [0.05, 0.1) is 11.5 Å². The SMILES string of the molecule is Cc1ccc(CN(C)Cc2ccc([N+](=O)[O-])c(N)c2)o1. The molecule has 0 amide bonds. The Hall–Kier alpha value is -2.34. The highest BCUT2D eigenvalue weighted by Crippen LogP contribution is 2.23. The van der Waals surface area contributed by atoms with Crippen LogP contribution in [0.3, 0.4) is 0 Å². The summed E-state index contributed by atoms with van der Waals surface area (Å²) in [7, 11) is 1.95. The van der Waals surface area contributed by atoms with Crippen molar-refractivity contribution >= 4 is 11.4 Å². The number of hydrogen-bond donors (Lipinski definition) is 1. The number of nitrogens with zero attached hydrogens (tertiary/aromatic N) is 2. The van der Waals surface area contributed by atoms with Crippen molar-refractivity contribution in [3.8, 4) is 0 Å². The molecule has 0 radical (unpaired) electrons. The lowest BCUT2D eigenvalue weighted by molar-refractivity contribution is -0.383. The van der Waals surface area contributed by atoms with E-state index in [2.05, 4.69) is 4.90 Å². The number of anilines is 1. The lowest BCUT2D eigenvalue weighted by atomic mass is 10.1. The molecule has 0 saturated carbocycles. The Kier molecular flexibility index (Phi) is 4.05. The van der Waals surface area contributed by atoms with Gasteiger partial charge < -0.3 is 10.2 Å². The topological polar surface area (TPSA) is 85.5 Å². The van der Waals surface area contributed by atoms with E-state index >= 15 is 0 Å². The van der Waals surface area contributed by atoms with Gasteiger partial charge in [-0.25, -0.2) is 0 Å². The van der Waals surface area contributed by atoms with Crippen LogP contribution in [0.4, 0.5) is 11.4 Å². The number of nitro benzene ring substituents is 1. The van der Waals surface area contributed by atoms with Gasteiger partial charge in [-0.15, -0.1) is 0 Å². The molecule has 0 unspecified atom stereocenters. The van der Waals surface area contributed by atoms with Crippen LogP contribution >= 0.6 is 0 Å². The maximum absolute atomic E-state index is 10.7. The van der Waals surface area contributed by atoms with Crippen molar-refractivity contribution in [1.29, 1.82) is 0 Å². The van der Waals surface area contributed by atoms with E-state index in [1.807, 2.05) is 26.1 Å². The maximum Gasteiger partial charge on any atom is 0.292 e. The van der Waals surface area contributed by atoms with Crippen LogP contribution in [0.5, 0.6) is 0 Å². The Morgan fingerprint density at radius 3 is 2.60 bits per heavy atom. The number of hydrogen-bond acceptors (Lipinski definition) is 5. The third-order valence-electron chi connectivity index (χ3n) is 2.96. The molecule has 2 rings (SSSR count). The highest BCUT2D eigenvalue weighted by atomic mass is 16.6. The van der Waals surface area contributed by atoms with Crippen LogP contribution in [-0.2, 0) is 13.1 Å². The smallest absolute Gasteiger partial charge is 0.292 e. The summed E-state index contributed by atoms with van der Waals surface area (Å²) in [6.45, 7) is 3.22. The lowest BCUT2D eigenvalue weighted by Crippen LogP contribution is -2.17. The van der Waals surface area contributed by atoms with E-state index in [1.54, 1.807) is 12.1 Å². The van der Waals surface area contributed by atoms with Crippen molar-refractivity contribution in [2.24, 2.45) is 0 Å². The molecule has 0 bridgehead atoms. The Labute approximate surface area is 116 Å². The molecule has 0 aliphatic rings. The van der Waals surface area contributed by atoms with Crippen molar-refractivity contribution < 1.29 is 9.34 Å². The molecule has 1 aromatic heterocycles. The van der Waals surface area contributed by atoms with Gasteiger partial charge in [0.15, 0.2) is 0 Å². The predicted octanol–water partition coefficient (Wildman–Crippen LogP) is 2.71. The van der Waals surface area contributed by atoms with Crippen LogP contribution in [0, 0.1) is 17.0 Å². The van der Waals surface area contributed by atoms with E-state index in [4.69, 9.17) is 10.2 Å². The van der Waals surface area contributed by atoms with Gasteiger partial charge in [0.25, 0.3) is 5.69 Å². The molecule has 20 heavy (non-hydrogen) atoms. The molecule has 0 spiro atoms. The minimum atomic E-state index is -0.478. The number of aryl methyl sites for hydroxylation is 1. The van der Waals surface area contributed by atoms with E-state index in [9.17, 15) is 10.1 Å². The highest BCUT2D eigenvalue weighted by Gasteiger charge is 2.12. The van der Waals surface area contributed by atoms with Crippen molar-refractivity contribution in [3.63, 3.8) is 0 Å². The summed E-state index contributed by atoms with van der Waals surface area (Å²) in [6.07, 6.45) is 0. The zero-order valence-corrected chi connectivity index (χ0v) is 11.5. The minimum Gasteiger partial charge on any atom is -0.465 e. The fourth-order valence-electron chi connectivity index (χ4n) is 2.07. The first kappa shape index (κ1) is 14.1. The molecular weight excluding hydrogens is 258 g/mol. The van der Waals surface area contributed by atoms with Crippen LogP contribution in [0.25, 0.3) is 0 Å². The Bertz CT molecular complexity index is 622. The molecule has 0 atom stereocenters. The molecular formula is C14H17N3O3. The first-order chi connectivity index (χ1) is 9.45. The van der Waals surface area contributed by atoms with Crippen LogP contribution in [0.2, 0.25) is 0 Å². The zero-order valence-electron chi connectivity index (χ0n) is 11.5. The summed E-state index contributed by atoms with van der Waals surface area (Å²) in [5, 5.41) is 10.7. The Morgan fingerprint density at radius 1 is 1.30 bits per heavy atom. The first-order valence-electron chi connectivity index (χ1n) is 6.22. The number of nitro groups is 1. The average Bonchev–Trinajstić information content (AvgIpc) is 2.74. The standard InChI is InChI=1S/C14H17N3O3/c1-10-3-5-12(20-10)9-16(2)8-11-4-6-14(17(18)19)13(15)7-11/h3-7H,8-9,15H2,1-2H3. The lowest BCUT2D eigenvalue weighted by Gasteiger charge is -2.15. The third kappa shape index (κ3) is 3.36. The summed E-state index contributed by atoms with van der Waals surface area (Å²) < 4.78 is 5.51. The first-order valence-corrected chi connectivity index (χ1v) is 6.22. The van der Waals surface area contributed by atoms with Gasteiger partial charge in [-0.3, -0.25) is 15.0 Å². The second kappa shape index (κ2) is 5.75. The summed E-state index contributed by atoms with van der Waals surface area (Å²) >= 11 is 0. The predicted molar refractivity (Wildman–Crippen MR) is 76.1 cm³/mol. The largest absolute Gasteiger partial charge is 0.465 e. The molecule has 0 saturated heterocycles. The molecule has 2 N–H and O–H groups in total. The fraction of sp³-hybridized carbons (Fsp3) is 0.286. The molecule has 0 fully saturated rings. The molecule has 0 aliphatic heterocycles. The second-order valence-electron chi connectivity index (χ2n) is 4.83. The Balaban J connectivity index is 2.02. The van der Waals surface area contributed by atoms with Crippen molar-refractivity contribution in [1.82, 2.24) is 4.90 Å². The van der Waals surface area contributed by atoms with Crippen molar-refractivity contribution in [3.05, 3.63) is 57.5 Å². The maximum atomic E-state index is 10.7. The normalized spacial score (nSPS) is 10.9. The van der Waals surface area contributed by atoms with Gasteiger partial charge in [-0.2, -0.15) is 0 Å². The number of furan rings is 1. The van der Waals surface area contributed by atoms with E-state index in [1.165, 1.54) is 6.07 Å². The zero-order chi connectivity index (χ0) is 14.7. The molecule has 1 heterocycles. The van der Waals surface area contributed by atoms with E-state index in [-0.39, 0.29) is 11.4 Å². The van der Waals surface area contributed by atoms with Gasteiger partial charge in [0.2, 0.25) is 0 Å². The second-order valence-corrected chi connectivity index (χ2v) is 4.83. The van der Waals surface area contributed by atoms with Gasteiger partial charge >= 0.3 is 0 Å². The van der Waals surface area contributed by atoms with Gasteiger partial charge in [0, 0.05) is 12.6 Å². The van der Waals surface area contributed by atoms with Crippen LogP contribution < -0.4 is 5.73 Å². The molecule has 1 aromatic carbocycles. The number of benzene rings is 1. The van der Waals surface area contributed by atoms with Gasteiger partial charge in [-0.1, -0.05) is 6.07 Å². The Morgan fingerprint density at radius 2 is 2.05 bits per heavy atom. The van der Waals surface area contributed by atoms with Crippen molar-refractivity contribution in [2.45, 2.75) is 20.0 Å². The quantitative estimate of drug-likeness (QED) is 0.515. The molecule has 106 valence electrons. The fourth-order valence-corrected chi connectivity index (χ4v) is 2.07. The number of nitrogen functional groups attached to an aromatic ring is 1. The molecule has 6 heteroatoms. The molecule has 0 aliphatic carbocycles. The van der Waals surface area contributed by atoms with Crippen molar-refractivity contribution in [2.75, 3.05) is 12.8 Å². The monoisotopic (exact) mass is 275 g/mol. The summed E-state index contributed by atoms with van der Waals surface area (Å²) in [5.41, 5.74) is 6.74. The average molecular weight is 275 g/mol. The van der Waals surface area contributed by atoms with Crippen LogP contribution in [-0.4, -0.2) is 16.9 Å². The summed E-state index contributed by atoms with van der Waals surface area (Å²) in [5.74, 6) is 1.77. The van der Waals surface area contributed by atoms with Gasteiger partial charge in [-0.05, 0) is 37.7 Å². The highest BCUT2D eigenvalue weighted by molar-refractivity contribution is 5.59. The van der Waals surface area contributed by atoms with E-state index < -0.39 is 4.92 Å². The van der Waals surface area contributed by atoms with E-state index in [0.29, 0.717) is 13.1 Å². The van der Waals surface area contributed by atoms with Crippen LogP contribution in [0.1, 0.15) is 17.1 Å². The summed E-state index contributed by atoms with van der Waals surface area (Å²) in [4.78, 5) is 12.3. The number of nitrogens with two attached hydrogens (primary N) is 1.